The summed E-state index contributed by atoms with van der Waals surface area (Å²) in [5.41, 5.74) is 0.797. The van der Waals surface area contributed by atoms with Crippen molar-refractivity contribution in [3.05, 3.63) is 106 Å². The van der Waals surface area contributed by atoms with Gasteiger partial charge < -0.3 is 10.0 Å². The minimum atomic E-state index is -4.73. The van der Waals surface area contributed by atoms with Gasteiger partial charge in [-0.1, -0.05) is 42.0 Å². The Hall–Kier alpha value is -5.78. The summed E-state index contributed by atoms with van der Waals surface area (Å²) < 4.78 is 70.0. The molecule has 18 heteroatoms. The van der Waals surface area contributed by atoms with Crippen LogP contribution in [0, 0.1) is 12.1 Å². The molecule has 0 saturated carbocycles. The molecular formula is C32H28F3N7O7S. The van der Waals surface area contributed by atoms with Crippen molar-refractivity contribution in [2.75, 3.05) is 6.54 Å². The molecule has 6 rings (SSSR count). The van der Waals surface area contributed by atoms with E-state index in [9.17, 15) is 41.2 Å². The number of aryl methyl sites for hydroxylation is 1. The molecule has 0 radical (unpaired) electrons. The van der Waals surface area contributed by atoms with E-state index in [-0.39, 0.29) is 45.3 Å². The number of benzene rings is 3. The van der Waals surface area contributed by atoms with Gasteiger partial charge in [0.15, 0.2) is 11.7 Å². The van der Waals surface area contributed by atoms with Gasteiger partial charge in [-0.05, 0) is 69.2 Å². The van der Waals surface area contributed by atoms with Gasteiger partial charge in [0.1, 0.15) is 0 Å². The Kier molecular flexibility index (Phi) is 8.81. The number of rotatable bonds is 9. The number of alkyl halides is 3. The Balaban J connectivity index is 1.15. The lowest BCUT2D eigenvalue weighted by molar-refractivity contribution is -0.713. The van der Waals surface area contributed by atoms with Crippen LogP contribution < -0.4 is 4.72 Å². The molecule has 260 valence electrons. The van der Waals surface area contributed by atoms with Gasteiger partial charge in [0.05, 0.1) is 38.9 Å². The third-order valence-electron chi connectivity index (χ3n) is 8.18. The van der Waals surface area contributed by atoms with E-state index in [0.717, 1.165) is 38.4 Å². The molecule has 50 heavy (non-hydrogen) atoms. The van der Waals surface area contributed by atoms with E-state index in [1.165, 1.54) is 31.2 Å². The van der Waals surface area contributed by atoms with Gasteiger partial charge in [0.2, 0.25) is 11.5 Å². The summed E-state index contributed by atoms with van der Waals surface area (Å²) in [7, 11) is -4.51. The van der Waals surface area contributed by atoms with Gasteiger partial charge in [0.25, 0.3) is 27.7 Å². The van der Waals surface area contributed by atoms with Crippen molar-refractivity contribution in [2.24, 2.45) is 5.28 Å². The molecule has 3 aromatic carbocycles. The minimum absolute atomic E-state index is 0.0116. The van der Waals surface area contributed by atoms with Crippen LogP contribution in [0.1, 0.15) is 51.7 Å². The summed E-state index contributed by atoms with van der Waals surface area (Å²) in [5.74, 6) is -2.31. The number of nitrogens with one attached hydrogen (secondary N) is 1. The predicted molar refractivity (Wildman–Crippen MR) is 167 cm³/mol. The first kappa shape index (κ1) is 34.1. The number of fused-ring (bicyclic) bond motifs is 1. The molecule has 0 aliphatic carbocycles. The van der Waals surface area contributed by atoms with Gasteiger partial charge in [-0.2, -0.15) is 18.3 Å². The van der Waals surface area contributed by atoms with Crippen molar-refractivity contribution in [3.8, 4) is 16.9 Å². The number of halogens is 3. The molecule has 0 spiro atoms. The molecule has 1 saturated heterocycles. The third kappa shape index (κ3) is 6.48. The van der Waals surface area contributed by atoms with E-state index in [0.29, 0.717) is 12.0 Å². The fourth-order valence-corrected chi connectivity index (χ4v) is 6.65. The molecule has 0 bridgehead atoms. The van der Waals surface area contributed by atoms with Crippen LogP contribution in [0.15, 0.2) is 89.0 Å². The van der Waals surface area contributed by atoms with Crippen molar-refractivity contribution in [1.29, 1.82) is 0 Å². The molecule has 14 nitrogen and oxygen atoms in total. The van der Waals surface area contributed by atoms with E-state index < -0.39 is 51.9 Å². The highest BCUT2D eigenvalue weighted by Gasteiger charge is 2.41. The fourth-order valence-electron chi connectivity index (χ4n) is 5.64. The van der Waals surface area contributed by atoms with Crippen molar-refractivity contribution < 1.29 is 45.8 Å². The van der Waals surface area contributed by atoms with Gasteiger partial charge in [0, 0.05) is 5.56 Å². The van der Waals surface area contributed by atoms with Crippen molar-refractivity contribution in [3.63, 3.8) is 0 Å². The highest BCUT2D eigenvalue weighted by atomic mass is 32.2. The number of sulfonamides is 1. The maximum Gasteiger partial charge on any atom is 0.435 e. The fraction of sp³-hybridized carbons (Fsp3) is 0.250. The number of hydrogen-bond acceptors (Lipinski definition) is 9. The maximum atomic E-state index is 13.6. The molecule has 1 unspecified atom stereocenters. The number of amides is 3. The predicted octanol–water partition coefficient (Wildman–Crippen LogP) is 4.59. The van der Waals surface area contributed by atoms with Crippen LogP contribution in [0.2, 0.25) is 0 Å². The molecule has 2 aliphatic rings. The minimum Gasteiger partial charge on any atom is -0.569 e. The molecular weight excluding hydrogens is 683 g/mol. The lowest BCUT2D eigenvalue weighted by atomic mass is 10.1. The summed E-state index contributed by atoms with van der Waals surface area (Å²) in [6, 6.07) is 17.2. The first-order valence-corrected chi connectivity index (χ1v) is 16.6. The molecule has 1 fully saturated rings. The summed E-state index contributed by atoms with van der Waals surface area (Å²) in [5, 5.41) is 20.9. The molecule has 2 atom stereocenters. The van der Waals surface area contributed by atoms with Crippen molar-refractivity contribution in [1.82, 2.24) is 24.4 Å². The first-order chi connectivity index (χ1) is 23.7. The summed E-state index contributed by atoms with van der Waals surface area (Å²) in [6.07, 6.45) is -5.61. The second-order valence-electron chi connectivity index (χ2n) is 11.5. The third-order valence-corrected chi connectivity index (χ3v) is 9.54. The normalized spacial score (nSPS) is 17.2. The van der Waals surface area contributed by atoms with Crippen LogP contribution in [0.3, 0.4) is 0 Å². The Morgan fingerprint density at radius 3 is 2.26 bits per heavy atom. The van der Waals surface area contributed by atoms with Crippen LogP contribution in [-0.4, -0.2) is 69.6 Å². The quantitative estimate of drug-likeness (QED) is 0.113. The molecule has 1 aromatic heterocycles. The standard InChI is InChI=1S/C32H28F3N7O7S/c1-19-9-11-21(12-10-19)27-18-28(32(33,34)35)36-41(27)22-13-15-23(16-14-22)50(47,48)37-29(43)26-8-5-17-39(26)42(46)38-49-20(2)40-30(44)24-6-3-4-7-25(24)31(40)45/h3-4,6-7,9-16,18,20,26H,5,8,17H2,1-2H3,(H,37,43)/t20?,26-/m0/s1. The summed E-state index contributed by atoms with van der Waals surface area (Å²) in [6.45, 7) is 3.17. The summed E-state index contributed by atoms with van der Waals surface area (Å²) in [4.78, 5) is 44.0. The number of nitrogens with zero attached hydrogens (tertiary/aromatic N) is 6. The average molecular weight is 712 g/mol. The second kappa shape index (κ2) is 12.9. The van der Waals surface area contributed by atoms with Crippen molar-refractivity contribution in [2.45, 2.75) is 50.0 Å². The monoisotopic (exact) mass is 711 g/mol. The van der Waals surface area contributed by atoms with Gasteiger partial charge in [-0.3, -0.25) is 14.4 Å². The van der Waals surface area contributed by atoms with Gasteiger partial charge in [-0.15, -0.1) is 5.01 Å². The largest absolute Gasteiger partial charge is 0.569 e. The smallest absolute Gasteiger partial charge is 0.435 e. The number of imide groups is 1. The average Bonchev–Trinajstić information content (AvgIpc) is 3.81. The number of hydrazine groups is 1. The summed E-state index contributed by atoms with van der Waals surface area (Å²) >= 11 is 0. The first-order valence-electron chi connectivity index (χ1n) is 15.1. The lowest BCUT2D eigenvalue weighted by Gasteiger charge is -2.21. The Labute approximate surface area is 282 Å². The van der Waals surface area contributed by atoms with Gasteiger partial charge in [-0.25, -0.2) is 22.7 Å². The molecule has 4 aromatic rings. The zero-order valence-electron chi connectivity index (χ0n) is 26.4. The van der Waals surface area contributed by atoms with E-state index in [4.69, 9.17) is 4.84 Å². The van der Waals surface area contributed by atoms with Gasteiger partial charge >= 0.3 is 6.18 Å². The van der Waals surface area contributed by atoms with Crippen molar-refractivity contribution >= 4 is 27.7 Å². The Bertz CT molecular complexity index is 2080. The number of carbonyl (C=O) groups excluding carboxylic acids is 3. The molecule has 1 N–H and O–H groups in total. The zero-order chi connectivity index (χ0) is 36.0. The van der Waals surface area contributed by atoms with Crippen LogP contribution in [0.4, 0.5) is 13.2 Å². The molecule has 3 amide bonds. The van der Waals surface area contributed by atoms with E-state index in [2.05, 4.69) is 10.4 Å². The Morgan fingerprint density at radius 1 is 1.04 bits per heavy atom. The van der Waals surface area contributed by atoms with E-state index in [1.54, 1.807) is 36.4 Å². The lowest BCUT2D eigenvalue weighted by Crippen LogP contribution is -2.47. The number of hydrogen-bond donors (Lipinski definition) is 1. The Morgan fingerprint density at radius 2 is 1.66 bits per heavy atom. The van der Waals surface area contributed by atoms with Crippen LogP contribution in [0.5, 0.6) is 0 Å². The van der Waals surface area contributed by atoms with E-state index in [1.807, 2.05) is 11.6 Å². The number of aromatic nitrogens is 2. The molecule has 2 aliphatic heterocycles. The topological polar surface area (TPSA) is 169 Å². The highest BCUT2D eigenvalue weighted by Crippen LogP contribution is 2.34. The zero-order valence-corrected chi connectivity index (χ0v) is 27.2. The van der Waals surface area contributed by atoms with E-state index >= 15 is 0 Å². The van der Waals surface area contributed by atoms with Crippen LogP contribution in [-0.2, 0) is 25.8 Å². The van der Waals surface area contributed by atoms with Crippen LogP contribution in [0.25, 0.3) is 16.9 Å². The SMILES string of the molecule is Cc1ccc(-c2cc(C(F)(F)F)nn2-c2ccc(S(=O)(=O)NC(=O)[C@@H]3CCCN3[N+]([O-])=NOC(C)N3C(=O)c4ccccc4C3=O)cc2)cc1. The second-order valence-corrected chi connectivity index (χ2v) is 13.2. The highest BCUT2D eigenvalue weighted by molar-refractivity contribution is 7.90. The maximum absolute atomic E-state index is 13.6. The van der Waals surface area contributed by atoms with Crippen LogP contribution >= 0.6 is 0 Å². The molecule has 3 heterocycles. The number of carbonyl (C=O) groups is 3.